The van der Waals surface area contributed by atoms with E-state index < -0.39 is 6.10 Å². The predicted molar refractivity (Wildman–Crippen MR) is 58.2 cm³/mol. The number of ether oxygens (including phenoxy) is 1. The fraction of sp³-hybridized carbons (Fsp3) is 0.455. The second-order valence-corrected chi connectivity index (χ2v) is 4.54. The Morgan fingerprint density at radius 2 is 2.33 bits per heavy atom. The van der Waals surface area contributed by atoms with E-state index in [1.54, 1.807) is 0 Å². The van der Waals surface area contributed by atoms with Gasteiger partial charge in [-0.1, -0.05) is 11.6 Å². The van der Waals surface area contributed by atoms with Crippen LogP contribution in [0.4, 0.5) is 5.69 Å². The summed E-state index contributed by atoms with van der Waals surface area (Å²) in [6, 6.07) is 5.83. The van der Waals surface area contributed by atoms with Crippen molar-refractivity contribution in [2.45, 2.75) is 24.7 Å². The zero-order chi connectivity index (χ0) is 10.4. The van der Waals surface area contributed by atoms with Gasteiger partial charge in [-0.15, -0.1) is 0 Å². The number of nitrogens with one attached hydrogen (secondary N) is 1. The van der Waals surface area contributed by atoms with Crippen molar-refractivity contribution in [3.05, 3.63) is 28.8 Å². The first-order valence-corrected chi connectivity index (χ1v) is 5.47. The maximum absolute atomic E-state index is 9.69. The molecule has 3 atom stereocenters. The van der Waals surface area contributed by atoms with E-state index in [4.69, 9.17) is 16.3 Å². The topological polar surface area (TPSA) is 41.5 Å². The van der Waals surface area contributed by atoms with Crippen LogP contribution in [0.15, 0.2) is 18.2 Å². The molecule has 0 saturated carbocycles. The van der Waals surface area contributed by atoms with Crippen LogP contribution < -0.4 is 5.32 Å². The minimum Gasteiger partial charge on any atom is -0.389 e. The Morgan fingerprint density at radius 1 is 1.47 bits per heavy atom. The molecule has 0 amide bonds. The lowest BCUT2D eigenvalue weighted by Gasteiger charge is -2.40. The van der Waals surface area contributed by atoms with Crippen LogP contribution in [-0.2, 0) is 4.74 Å². The van der Waals surface area contributed by atoms with Gasteiger partial charge in [-0.25, -0.2) is 0 Å². The Hall–Kier alpha value is -0.770. The lowest BCUT2D eigenvalue weighted by atomic mass is 9.90. The highest BCUT2D eigenvalue weighted by Gasteiger charge is 2.36. The van der Waals surface area contributed by atoms with Gasteiger partial charge in [0.15, 0.2) is 0 Å². The molecule has 2 bridgehead atoms. The van der Waals surface area contributed by atoms with E-state index in [-0.39, 0.29) is 12.1 Å². The van der Waals surface area contributed by atoms with Crippen molar-refractivity contribution < 1.29 is 9.84 Å². The summed E-state index contributed by atoms with van der Waals surface area (Å²) in [4.78, 5) is 0. The molecule has 0 radical (unpaired) electrons. The van der Waals surface area contributed by atoms with E-state index >= 15 is 0 Å². The molecule has 1 saturated heterocycles. The van der Waals surface area contributed by atoms with Gasteiger partial charge in [0.1, 0.15) is 0 Å². The highest BCUT2D eigenvalue weighted by molar-refractivity contribution is 6.30. The van der Waals surface area contributed by atoms with Crippen LogP contribution in [0.1, 0.15) is 18.1 Å². The van der Waals surface area contributed by atoms with E-state index in [1.807, 2.05) is 18.2 Å². The number of benzene rings is 1. The molecule has 3 rings (SSSR count). The Kier molecular flexibility index (Phi) is 2.12. The van der Waals surface area contributed by atoms with Gasteiger partial charge in [0, 0.05) is 22.7 Å². The first-order chi connectivity index (χ1) is 7.24. The molecule has 4 heteroatoms. The molecule has 1 aromatic rings. The predicted octanol–water partition coefficient (Wildman–Crippen LogP) is 1.96. The first kappa shape index (κ1) is 9.46. The van der Waals surface area contributed by atoms with Gasteiger partial charge in [-0.3, -0.25) is 0 Å². The number of halogens is 1. The van der Waals surface area contributed by atoms with Crippen LogP contribution in [0, 0.1) is 0 Å². The third kappa shape index (κ3) is 1.51. The van der Waals surface area contributed by atoms with Crippen LogP contribution in [0.2, 0.25) is 5.02 Å². The standard InChI is InChI=1S/C11H12ClNO2/c12-6-1-2-8-7(3-6)11-4-9(13-8)10(14)5-15-11/h1-3,9-11,13-14H,4-5H2/t9-,10-,11-/m1/s1. The summed E-state index contributed by atoms with van der Waals surface area (Å²) in [6.07, 6.45) is 0.479. The average molecular weight is 226 g/mol. The summed E-state index contributed by atoms with van der Waals surface area (Å²) in [5, 5.41) is 13.7. The Morgan fingerprint density at radius 3 is 3.20 bits per heavy atom. The van der Waals surface area contributed by atoms with E-state index in [0.717, 1.165) is 22.7 Å². The summed E-state index contributed by atoms with van der Waals surface area (Å²) in [5.41, 5.74) is 2.13. The normalized spacial score (nSPS) is 33.1. The molecule has 0 aliphatic carbocycles. The third-order valence-electron chi connectivity index (χ3n) is 3.10. The SMILES string of the molecule is O[C@@H]1CO[C@@H]2C[C@H]1Nc1ccc(Cl)cc12. The molecule has 3 nitrogen and oxygen atoms in total. The summed E-state index contributed by atoms with van der Waals surface area (Å²) in [6.45, 7) is 0.397. The van der Waals surface area contributed by atoms with Gasteiger partial charge in [0.25, 0.3) is 0 Å². The first-order valence-electron chi connectivity index (χ1n) is 5.10. The zero-order valence-electron chi connectivity index (χ0n) is 8.11. The van der Waals surface area contributed by atoms with Gasteiger partial charge in [0.05, 0.1) is 24.9 Å². The summed E-state index contributed by atoms with van der Waals surface area (Å²) < 4.78 is 5.59. The second kappa shape index (κ2) is 3.37. The number of aliphatic hydroxyl groups excluding tert-OH is 1. The molecule has 1 fully saturated rings. The fourth-order valence-electron chi connectivity index (χ4n) is 2.29. The number of hydrogen-bond acceptors (Lipinski definition) is 3. The lowest BCUT2D eigenvalue weighted by molar-refractivity contribution is -0.0672. The van der Waals surface area contributed by atoms with Gasteiger partial charge < -0.3 is 15.2 Å². The summed E-state index contributed by atoms with van der Waals surface area (Å²) >= 11 is 5.95. The van der Waals surface area contributed by atoms with Crippen LogP contribution in [0.5, 0.6) is 0 Å². The number of hydrogen-bond donors (Lipinski definition) is 2. The molecule has 15 heavy (non-hydrogen) atoms. The van der Waals surface area contributed by atoms with E-state index in [1.165, 1.54) is 0 Å². The molecule has 1 aromatic carbocycles. The quantitative estimate of drug-likeness (QED) is 0.709. The molecule has 2 heterocycles. The van der Waals surface area contributed by atoms with Gasteiger partial charge in [-0.05, 0) is 18.2 Å². The van der Waals surface area contributed by atoms with Crippen molar-refractivity contribution in [1.82, 2.24) is 0 Å². The Labute approximate surface area is 93.0 Å². The smallest absolute Gasteiger partial charge is 0.0975 e. The van der Waals surface area contributed by atoms with Crippen LogP contribution in [-0.4, -0.2) is 23.9 Å². The zero-order valence-corrected chi connectivity index (χ0v) is 8.87. The maximum Gasteiger partial charge on any atom is 0.0975 e. The van der Waals surface area contributed by atoms with Crippen molar-refractivity contribution in [3.63, 3.8) is 0 Å². The van der Waals surface area contributed by atoms with Crippen LogP contribution in [0.3, 0.4) is 0 Å². The summed E-state index contributed by atoms with van der Waals surface area (Å²) in [7, 11) is 0. The maximum atomic E-state index is 9.69. The van der Waals surface area contributed by atoms with E-state index in [2.05, 4.69) is 5.32 Å². The monoisotopic (exact) mass is 225 g/mol. The molecule has 0 spiro atoms. The van der Waals surface area contributed by atoms with Crippen molar-refractivity contribution >= 4 is 17.3 Å². The van der Waals surface area contributed by atoms with Gasteiger partial charge >= 0.3 is 0 Å². The van der Waals surface area contributed by atoms with E-state index in [9.17, 15) is 5.11 Å². The second-order valence-electron chi connectivity index (χ2n) is 4.11. The Balaban J connectivity index is 2.03. The fourth-order valence-corrected chi connectivity index (χ4v) is 2.47. The van der Waals surface area contributed by atoms with Crippen molar-refractivity contribution in [1.29, 1.82) is 0 Å². The van der Waals surface area contributed by atoms with E-state index in [0.29, 0.717) is 6.61 Å². The minimum atomic E-state index is -0.412. The molecule has 80 valence electrons. The number of fused-ring (bicyclic) bond motifs is 4. The Bertz CT molecular complexity index is 396. The third-order valence-corrected chi connectivity index (χ3v) is 3.34. The summed E-state index contributed by atoms with van der Waals surface area (Å²) in [5.74, 6) is 0. The van der Waals surface area contributed by atoms with Crippen LogP contribution in [0.25, 0.3) is 0 Å². The van der Waals surface area contributed by atoms with Gasteiger partial charge in [-0.2, -0.15) is 0 Å². The van der Waals surface area contributed by atoms with Crippen molar-refractivity contribution in [2.24, 2.45) is 0 Å². The lowest BCUT2D eigenvalue weighted by Crippen LogP contribution is -2.45. The highest BCUT2D eigenvalue weighted by Crippen LogP contribution is 2.39. The van der Waals surface area contributed by atoms with Crippen LogP contribution >= 0.6 is 11.6 Å². The molecule has 0 aromatic heterocycles. The highest BCUT2D eigenvalue weighted by atomic mass is 35.5. The molecular weight excluding hydrogens is 214 g/mol. The van der Waals surface area contributed by atoms with Crippen molar-refractivity contribution in [3.8, 4) is 0 Å². The molecule has 2 aliphatic heterocycles. The number of anilines is 1. The number of aliphatic hydroxyl groups is 1. The number of rotatable bonds is 0. The molecule has 2 aliphatic rings. The minimum absolute atomic E-state index is 0.0772. The molecule has 0 unspecified atom stereocenters. The molecule has 2 N–H and O–H groups in total. The van der Waals surface area contributed by atoms with Gasteiger partial charge in [0.2, 0.25) is 0 Å². The average Bonchev–Trinajstić information content (AvgIpc) is 2.24. The molecular formula is C11H12ClNO2. The van der Waals surface area contributed by atoms with Crippen molar-refractivity contribution in [2.75, 3.05) is 11.9 Å². The largest absolute Gasteiger partial charge is 0.389 e.